The number of halogens is 4. The highest BCUT2D eigenvalue weighted by molar-refractivity contribution is 9.11. The molecule has 3 aromatic heterocycles. The van der Waals surface area contributed by atoms with Crippen LogP contribution in [-0.4, -0.2) is 9.97 Å². The summed E-state index contributed by atoms with van der Waals surface area (Å²) in [7, 11) is 0. The zero-order chi connectivity index (χ0) is 29.4. The fourth-order valence-electron chi connectivity index (χ4n) is 5.15. The van der Waals surface area contributed by atoms with Crippen LogP contribution in [0.4, 0.5) is 8.78 Å². The molecule has 4 rings (SSSR count). The van der Waals surface area contributed by atoms with E-state index in [0.29, 0.717) is 17.0 Å². The van der Waals surface area contributed by atoms with Crippen molar-refractivity contribution in [1.29, 1.82) is 0 Å². The molecule has 0 aliphatic carbocycles. The molecule has 0 radical (unpaired) electrons. The number of hydrogen-bond acceptors (Lipinski definition) is 4. The first-order valence-electron chi connectivity index (χ1n) is 15.1. The van der Waals surface area contributed by atoms with Crippen LogP contribution in [0.1, 0.15) is 113 Å². The van der Waals surface area contributed by atoms with E-state index in [1.165, 1.54) is 80.4 Å². The highest BCUT2D eigenvalue weighted by atomic mass is 79.9. The molecule has 1 unspecified atom stereocenters. The third-order valence-corrected chi connectivity index (χ3v) is 11.6. The number of rotatable bonds is 16. The number of fused-ring (bicyclic) bond motifs is 1. The molecule has 1 atom stereocenters. The van der Waals surface area contributed by atoms with Crippen molar-refractivity contribution in [2.24, 2.45) is 0 Å². The van der Waals surface area contributed by atoms with E-state index in [0.717, 1.165) is 34.0 Å². The summed E-state index contributed by atoms with van der Waals surface area (Å²) in [6.07, 6.45) is 16.2. The maximum absolute atomic E-state index is 14.7. The maximum Gasteiger partial charge on any atom is 0.176 e. The predicted molar refractivity (Wildman–Crippen MR) is 180 cm³/mol. The van der Waals surface area contributed by atoms with Crippen LogP contribution in [0.15, 0.2) is 33.2 Å². The maximum atomic E-state index is 14.7. The molecule has 222 valence electrons. The van der Waals surface area contributed by atoms with Crippen LogP contribution >= 0.6 is 54.5 Å². The number of unbranched alkanes of at least 4 members (excludes halogenated alkanes) is 9. The molecule has 0 saturated carbocycles. The average Bonchev–Trinajstić information content (AvgIpc) is 3.66. The van der Waals surface area contributed by atoms with Gasteiger partial charge in [-0.25, -0.2) is 18.7 Å². The lowest BCUT2D eigenvalue weighted by molar-refractivity contribution is 0.502. The summed E-state index contributed by atoms with van der Waals surface area (Å²) in [6, 6.07) is 8.59. The Morgan fingerprint density at radius 1 is 0.683 bits per heavy atom. The molecule has 2 nitrogen and oxygen atoms in total. The Morgan fingerprint density at radius 2 is 1.20 bits per heavy atom. The highest BCUT2D eigenvalue weighted by Gasteiger charge is 2.24. The van der Waals surface area contributed by atoms with Crippen LogP contribution in [0.5, 0.6) is 0 Å². The zero-order valence-electron chi connectivity index (χ0n) is 24.3. The van der Waals surface area contributed by atoms with Crippen LogP contribution in [0, 0.1) is 11.6 Å². The Labute approximate surface area is 268 Å². The van der Waals surface area contributed by atoms with E-state index in [1.54, 1.807) is 22.7 Å². The van der Waals surface area contributed by atoms with Gasteiger partial charge >= 0.3 is 0 Å². The molecule has 4 aromatic rings. The largest absolute Gasteiger partial charge is 0.242 e. The van der Waals surface area contributed by atoms with Crippen molar-refractivity contribution in [2.45, 2.75) is 110 Å². The lowest BCUT2D eigenvalue weighted by atomic mass is 10.0. The van der Waals surface area contributed by atoms with Gasteiger partial charge in [0.2, 0.25) is 0 Å². The summed E-state index contributed by atoms with van der Waals surface area (Å²) in [5.74, 6) is -1.46. The number of nitrogens with zero attached hydrogens (tertiary/aromatic N) is 2. The Morgan fingerprint density at radius 3 is 1.80 bits per heavy atom. The van der Waals surface area contributed by atoms with E-state index >= 15 is 0 Å². The monoisotopic (exact) mass is 724 g/mol. The first kappa shape index (κ1) is 32.7. The number of benzene rings is 1. The third kappa shape index (κ3) is 8.24. The number of thiophene rings is 2. The normalized spacial score (nSPS) is 12.5. The highest BCUT2D eigenvalue weighted by Crippen LogP contribution is 2.43. The van der Waals surface area contributed by atoms with Crippen molar-refractivity contribution < 1.29 is 8.78 Å². The first-order chi connectivity index (χ1) is 19.8. The van der Waals surface area contributed by atoms with E-state index in [-0.39, 0.29) is 8.95 Å². The van der Waals surface area contributed by atoms with Crippen LogP contribution in [0.25, 0.3) is 32.2 Å². The second-order valence-corrected chi connectivity index (χ2v) is 14.8. The van der Waals surface area contributed by atoms with Crippen LogP contribution in [-0.2, 0) is 6.42 Å². The van der Waals surface area contributed by atoms with Gasteiger partial charge in [-0.3, -0.25) is 0 Å². The van der Waals surface area contributed by atoms with E-state index in [1.807, 2.05) is 0 Å². The van der Waals surface area contributed by atoms with Gasteiger partial charge in [0.15, 0.2) is 11.6 Å². The molecule has 3 heterocycles. The van der Waals surface area contributed by atoms with Gasteiger partial charge < -0.3 is 0 Å². The smallest absolute Gasteiger partial charge is 0.176 e. The third-order valence-electron chi connectivity index (χ3n) is 7.65. The zero-order valence-corrected chi connectivity index (χ0v) is 29.1. The minimum Gasteiger partial charge on any atom is -0.242 e. The van der Waals surface area contributed by atoms with Crippen LogP contribution in [0.2, 0.25) is 0 Å². The minimum atomic E-state index is -0.960. The van der Waals surface area contributed by atoms with Crippen LogP contribution in [0.3, 0.4) is 0 Å². The molecular weight excluding hydrogens is 686 g/mol. The topological polar surface area (TPSA) is 25.8 Å². The summed E-state index contributed by atoms with van der Waals surface area (Å²) in [4.78, 5) is 14.5. The molecule has 0 bridgehead atoms. The van der Waals surface area contributed by atoms with E-state index in [9.17, 15) is 8.78 Å². The van der Waals surface area contributed by atoms with Gasteiger partial charge in [-0.2, -0.15) is 0 Å². The van der Waals surface area contributed by atoms with Gasteiger partial charge in [0, 0.05) is 9.75 Å². The molecular formula is C33H40Br2F2N2S2. The minimum absolute atomic E-state index is 0.000619. The summed E-state index contributed by atoms with van der Waals surface area (Å²) < 4.78 is 29.4. The molecule has 41 heavy (non-hydrogen) atoms. The van der Waals surface area contributed by atoms with E-state index in [2.05, 4.69) is 76.9 Å². The first-order valence-corrected chi connectivity index (χ1v) is 18.3. The van der Waals surface area contributed by atoms with Gasteiger partial charge in [0.1, 0.15) is 22.4 Å². The lowest BCUT2D eigenvalue weighted by Crippen LogP contribution is -1.99. The molecule has 0 amide bonds. The Kier molecular flexibility index (Phi) is 12.8. The number of hydrogen-bond donors (Lipinski definition) is 0. The number of aryl methyl sites for hydroxylation is 1. The van der Waals surface area contributed by atoms with Crippen molar-refractivity contribution in [2.75, 3.05) is 0 Å². The van der Waals surface area contributed by atoms with Crippen molar-refractivity contribution in [1.82, 2.24) is 9.97 Å². The second-order valence-electron chi connectivity index (χ2n) is 11.0. The molecule has 0 fully saturated rings. The van der Waals surface area contributed by atoms with Crippen LogP contribution < -0.4 is 0 Å². The molecule has 8 heteroatoms. The summed E-state index contributed by atoms with van der Waals surface area (Å²) in [5.41, 5.74) is 2.07. The second kappa shape index (κ2) is 16.0. The molecule has 0 saturated heterocycles. The van der Waals surface area contributed by atoms with Gasteiger partial charge in [0.25, 0.3) is 0 Å². The number of aromatic nitrogens is 2. The SMILES string of the molecule is CCCCCCCCc1ccc(-c2nc3c(Br)c(F)c(F)c(Br)c3nc2-c2ccc(C(C)CCCCCCC)s2)s1. The lowest BCUT2D eigenvalue weighted by Gasteiger charge is -2.12. The van der Waals surface area contributed by atoms with Crippen molar-refractivity contribution in [3.8, 4) is 21.1 Å². The molecule has 1 aromatic carbocycles. The summed E-state index contributed by atoms with van der Waals surface area (Å²) in [5, 5.41) is 0. The summed E-state index contributed by atoms with van der Waals surface area (Å²) in [6.45, 7) is 6.78. The van der Waals surface area contributed by atoms with E-state index in [4.69, 9.17) is 9.97 Å². The fraction of sp³-hybridized carbons (Fsp3) is 0.515. The summed E-state index contributed by atoms with van der Waals surface area (Å²) >= 11 is 9.96. The molecule has 0 N–H and O–H groups in total. The van der Waals surface area contributed by atoms with Crippen molar-refractivity contribution >= 4 is 65.6 Å². The van der Waals surface area contributed by atoms with Gasteiger partial charge in [0.05, 0.1) is 18.7 Å². The van der Waals surface area contributed by atoms with E-state index < -0.39 is 11.6 Å². The molecule has 0 aliphatic heterocycles. The quantitative estimate of drug-likeness (QED) is 0.0653. The Bertz CT molecular complexity index is 1430. The molecule has 0 spiro atoms. The molecule has 0 aliphatic rings. The van der Waals surface area contributed by atoms with Gasteiger partial charge in [-0.15, -0.1) is 22.7 Å². The predicted octanol–water partition coefficient (Wildman–Crippen LogP) is 13.3. The van der Waals surface area contributed by atoms with Crippen molar-refractivity contribution in [3.63, 3.8) is 0 Å². The average molecular weight is 727 g/mol. The van der Waals surface area contributed by atoms with Crippen molar-refractivity contribution in [3.05, 3.63) is 54.6 Å². The van der Waals surface area contributed by atoms with Gasteiger partial charge in [-0.1, -0.05) is 85.0 Å². The standard InChI is InChI=1S/C33H40Br2F2N2S2/c1-4-6-8-10-12-14-16-22-17-18-24(40-22)30-31(39-33-27(35)29(37)28(36)26(34)32(33)38-30)25-20-19-23(41-25)21(3)15-13-11-9-7-5-2/h17-21H,4-16H2,1-3H3. The Hall–Kier alpha value is -1.22. The van der Waals surface area contributed by atoms with Gasteiger partial charge in [-0.05, 0) is 81.3 Å². The Balaban J connectivity index is 1.65. The fourth-order valence-corrected chi connectivity index (χ4v) is 8.17.